The van der Waals surface area contributed by atoms with Crippen LogP contribution in [0.2, 0.25) is 0 Å². The minimum atomic E-state index is -0.332. The normalized spacial score (nSPS) is 21.9. The number of aryl methyl sites for hydroxylation is 1. The molecule has 140 valence electrons. The summed E-state index contributed by atoms with van der Waals surface area (Å²) in [6, 6.07) is 7.60. The standard InChI is InChI=1S/C19H25N3O4/c1-3-26-19(25)22-10-8-21(9-11-22)18(24)16-12-15(16)17(23)20-14-6-4-13(2)5-7-14/h4-7,15-16H,3,8-12H2,1-2H3,(H,20,23). The maximum absolute atomic E-state index is 12.6. The van der Waals surface area contributed by atoms with Crippen molar-refractivity contribution in [1.29, 1.82) is 0 Å². The largest absolute Gasteiger partial charge is 0.450 e. The first-order chi connectivity index (χ1) is 12.5. The Labute approximate surface area is 153 Å². The lowest BCUT2D eigenvalue weighted by Gasteiger charge is -2.34. The van der Waals surface area contributed by atoms with E-state index in [1.165, 1.54) is 0 Å². The summed E-state index contributed by atoms with van der Waals surface area (Å²) in [5, 5.41) is 2.88. The topological polar surface area (TPSA) is 79.0 Å². The lowest BCUT2D eigenvalue weighted by atomic mass is 10.2. The molecule has 0 bridgehead atoms. The molecule has 1 aromatic rings. The molecule has 1 aliphatic carbocycles. The van der Waals surface area contributed by atoms with Crippen LogP contribution in [0.15, 0.2) is 24.3 Å². The average Bonchev–Trinajstić information content (AvgIpc) is 3.44. The van der Waals surface area contributed by atoms with E-state index in [9.17, 15) is 14.4 Å². The first kappa shape index (κ1) is 18.2. The number of carbonyl (C=O) groups excluding carboxylic acids is 3. The molecule has 0 aromatic heterocycles. The number of hydrogen-bond donors (Lipinski definition) is 1. The maximum atomic E-state index is 12.6. The number of nitrogens with zero attached hydrogens (tertiary/aromatic N) is 2. The molecule has 3 amide bonds. The van der Waals surface area contributed by atoms with E-state index < -0.39 is 0 Å². The summed E-state index contributed by atoms with van der Waals surface area (Å²) in [4.78, 5) is 40.0. The van der Waals surface area contributed by atoms with Gasteiger partial charge in [-0.2, -0.15) is 0 Å². The summed E-state index contributed by atoms with van der Waals surface area (Å²) in [6.45, 7) is 6.02. The van der Waals surface area contributed by atoms with Crippen LogP contribution in [-0.2, 0) is 14.3 Å². The van der Waals surface area contributed by atoms with Gasteiger partial charge in [-0.1, -0.05) is 17.7 Å². The van der Waals surface area contributed by atoms with Crippen molar-refractivity contribution in [2.45, 2.75) is 20.3 Å². The fourth-order valence-electron chi connectivity index (χ4n) is 3.19. The van der Waals surface area contributed by atoms with Crippen molar-refractivity contribution in [3.8, 4) is 0 Å². The first-order valence-electron chi connectivity index (χ1n) is 9.07. The summed E-state index contributed by atoms with van der Waals surface area (Å²) in [5.74, 6) is -0.587. The molecule has 1 saturated carbocycles. The molecule has 26 heavy (non-hydrogen) atoms. The second kappa shape index (κ2) is 7.76. The van der Waals surface area contributed by atoms with Crippen molar-refractivity contribution >= 4 is 23.6 Å². The molecule has 3 rings (SSSR count). The molecule has 2 aliphatic rings. The highest BCUT2D eigenvalue weighted by atomic mass is 16.6. The smallest absolute Gasteiger partial charge is 0.409 e. The third-order valence-electron chi connectivity index (χ3n) is 4.88. The molecule has 2 atom stereocenters. The number of nitrogens with one attached hydrogen (secondary N) is 1. The van der Waals surface area contributed by atoms with Crippen molar-refractivity contribution < 1.29 is 19.1 Å². The Bertz CT molecular complexity index is 681. The van der Waals surface area contributed by atoms with E-state index in [-0.39, 0.29) is 29.7 Å². The van der Waals surface area contributed by atoms with Crippen LogP contribution in [0.5, 0.6) is 0 Å². The van der Waals surface area contributed by atoms with Crippen molar-refractivity contribution in [2.24, 2.45) is 11.8 Å². The second-order valence-corrected chi connectivity index (χ2v) is 6.82. The summed E-state index contributed by atoms with van der Waals surface area (Å²) >= 11 is 0. The van der Waals surface area contributed by atoms with Crippen molar-refractivity contribution in [3.05, 3.63) is 29.8 Å². The van der Waals surface area contributed by atoms with Crippen LogP contribution in [0.3, 0.4) is 0 Å². The Balaban J connectivity index is 1.46. The molecule has 7 heteroatoms. The predicted octanol–water partition coefficient (Wildman–Crippen LogP) is 1.87. The van der Waals surface area contributed by atoms with Gasteiger partial charge in [-0.25, -0.2) is 4.79 Å². The van der Waals surface area contributed by atoms with Gasteiger partial charge in [0.1, 0.15) is 0 Å². The lowest BCUT2D eigenvalue weighted by Crippen LogP contribution is -2.51. The van der Waals surface area contributed by atoms with Gasteiger partial charge in [0.2, 0.25) is 11.8 Å². The molecule has 0 radical (unpaired) electrons. The molecule has 1 saturated heterocycles. The highest BCUT2D eigenvalue weighted by molar-refractivity contribution is 5.99. The quantitative estimate of drug-likeness (QED) is 0.890. The van der Waals surface area contributed by atoms with Crippen LogP contribution in [-0.4, -0.2) is 60.5 Å². The number of amides is 3. The number of benzene rings is 1. The van der Waals surface area contributed by atoms with Crippen molar-refractivity contribution in [3.63, 3.8) is 0 Å². The number of piperazine rings is 1. The van der Waals surface area contributed by atoms with Crippen molar-refractivity contribution in [2.75, 3.05) is 38.1 Å². The van der Waals surface area contributed by atoms with Gasteiger partial charge in [0.15, 0.2) is 0 Å². The van der Waals surface area contributed by atoms with Crippen LogP contribution in [0.25, 0.3) is 0 Å². The minimum Gasteiger partial charge on any atom is -0.450 e. The fourth-order valence-corrected chi connectivity index (χ4v) is 3.19. The maximum Gasteiger partial charge on any atom is 0.409 e. The van der Waals surface area contributed by atoms with E-state index in [0.717, 1.165) is 11.3 Å². The number of hydrogen-bond acceptors (Lipinski definition) is 4. The van der Waals surface area contributed by atoms with Crippen LogP contribution in [0.1, 0.15) is 18.9 Å². The van der Waals surface area contributed by atoms with Gasteiger partial charge in [0.05, 0.1) is 18.4 Å². The van der Waals surface area contributed by atoms with Gasteiger partial charge in [0, 0.05) is 31.9 Å². The van der Waals surface area contributed by atoms with Gasteiger partial charge >= 0.3 is 6.09 Å². The number of rotatable bonds is 4. The molecule has 2 fully saturated rings. The molecule has 7 nitrogen and oxygen atoms in total. The van der Waals surface area contributed by atoms with Gasteiger partial charge < -0.3 is 19.9 Å². The minimum absolute atomic E-state index is 0.0116. The zero-order valence-electron chi connectivity index (χ0n) is 15.2. The Morgan fingerprint density at radius 1 is 1.04 bits per heavy atom. The zero-order valence-corrected chi connectivity index (χ0v) is 15.2. The van der Waals surface area contributed by atoms with Gasteiger partial charge in [-0.05, 0) is 32.4 Å². The van der Waals surface area contributed by atoms with Crippen LogP contribution < -0.4 is 5.32 Å². The van der Waals surface area contributed by atoms with Gasteiger partial charge in [-0.3, -0.25) is 9.59 Å². The van der Waals surface area contributed by atoms with E-state index in [1.807, 2.05) is 31.2 Å². The van der Waals surface area contributed by atoms with Crippen LogP contribution in [0, 0.1) is 18.8 Å². The highest BCUT2D eigenvalue weighted by Crippen LogP contribution is 2.41. The lowest BCUT2D eigenvalue weighted by molar-refractivity contribution is -0.135. The third kappa shape index (κ3) is 4.15. The van der Waals surface area contributed by atoms with E-state index in [2.05, 4.69) is 5.32 Å². The summed E-state index contributed by atoms with van der Waals surface area (Å²) in [5.41, 5.74) is 1.88. The summed E-state index contributed by atoms with van der Waals surface area (Å²) in [6.07, 6.45) is 0.260. The Hall–Kier alpha value is -2.57. The van der Waals surface area contributed by atoms with E-state index in [1.54, 1.807) is 16.7 Å². The zero-order chi connectivity index (χ0) is 18.7. The third-order valence-corrected chi connectivity index (χ3v) is 4.88. The van der Waals surface area contributed by atoms with E-state index in [4.69, 9.17) is 4.74 Å². The highest BCUT2D eigenvalue weighted by Gasteiger charge is 2.49. The molecule has 0 spiro atoms. The number of ether oxygens (including phenoxy) is 1. The summed E-state index contributed by atoms with van der Waals surface area (Å²) in [7, 11) is 0. The molecule has 1 aromatic carbocycles. The molecule has 1 heterocycles. The SMILES string of the molecule is CCOC(=O)N1CCN(C(=O)C2CC2C(=O)Nc2ccc(C)cc2)CC1. The molecule has 2 unspecified atom stereocenters. The van der Waals surface area contributed by atoms with Crippen LogP contribution >= 0.6 is 0 Å². The van der Waals surface area contributed by atoms with Gasteiger partial charge in [0.25, 0.3) is 0 Å². The number of anilines is 1. The molecule has 1 aliphatic heterocycles. The molecular formula is C19H25N3O4. The fraction of sp³-hybridized carbons (Fsp3) is 0.526. The Kier molecular flexibility index (Phi) is 5.44. The summed E-state index contributed by atoms with van der Waals surface area (Å²) < 4.78 is 4.98. The Morgan fingerprint density at radius 3 is 2.27 bits per heavy atom. The average molecular weight is 359 g/mol. The molecule has 1 N–H and O–H groups in total. The second-order valence-electron chi connectivity index (χ2n) is 6.82. The van der Waals surface area contributed by atoms with E-state index >= 15 is 0 Å². The molecular weight excluding hydrogens is 334 g/mol. The van der Waals surface area contributed by atoms with E-state index in [0.29, 0.717) is 39.2 Å². The first-order valence-corrected chi connectivity index (χ1v) is 9.07. The van der Waals surface area contributed by atoms with Crippen molar-refractivity contribution in [1.82, 2.24) is 9.80 Å². The predicted molar refractivity (Wildman–Crippen MR) is 96.6 cm³/mol. The van der Waals surface area contributed by atoms with Crippen LogP contribution in [0.4, 0.5) is 10.5 Å². The number of carbonyl (C=O) groups is 3. The monoisotopic (exact) mass is 359 g/mol. The van der Waals surface area contributed by atoms with Gasteiger partial charge in [-0.15, -0.1) is 0 Å². The Morgan fingerprint density at radius 2 is 1.65 bits per heavy atom.